The van der Waals surface area contributed by atoms with Gasteiger partial charge in [0.1, 0.15) is 5.82 Å². The molecule has 1 aliphatic rings. The lowest BCUT2D eigenvalue weighted by Gasteiger charge is -2.21. The zero-order valence-corrected chi connectivity index (χ0v) is 10.1. The third-order valence-electron chi connectivity index (χ3n) is 2.70. The molecule has 0 radical (unpaired) electrons. The van der Waals surface area contributed by atoms with Crippen LogP contribution in [0, 0.1) is 0 Å². The van der Waals surface area contributed by atoms with E-state index in [2.05, 4.69) is 15.2 Å². The highest BCUT2D eigenvalue weighted by Crippen LogP contribution is 2.19. The maximum atomic E-state index is 10.9. The minimum absolute atomic E-state index is 0.0821. The average molecular weight is 256 g/mol. The molecule has 17 heavy (non-hydrogen) atoms. The zero-order valence-electron chi connectivity index (χ0n) is 9.32. The van der Waals surface area contributed by atoms with Gasteiger partial charge in [-0.25, -0.2) is 9.78 Å². The highest BCUT2D eigenvalue weighted by molar-refractivity contribution is 6.33. The van der Waals surface area contributed by atoms with E-state index in [9.17, 15) is 4.79 Å². The van der Waals surface area contributed by atoms with Gasteiger partial charge in [-0.05, 0) is 25.1 Å². The first kappa shape index (κ1) is 12.1. The maximum Gasteiger partial charge on any atom is 0.356 e. The van der Waals surface area contributed by atoms with E-state index in [0.29, 0.717) is 5.82 Å². The summed E-state index contributed by atoms with van der Waals surface area (Å²) in [7, 11) is 0. The number of hydrogen-bond acceptors (Lipinski definition) is 4. The van der Waals surface area contributed by atoms with Crippen molar-refractivity contribution in [2.45, 2.75) is 6.42 Å². The molecule has 0 spiro atoms. The SMILES string of the molecule is O=C(O)c1nc(N2CCCNCC2)ccc1Cl. The van der Waals surface area contributed by atoms with Gasteiger partial charge in [-0.3, -0.25) is 0 Å². The zero-order chi connectivity index (χ0) is 12.3. The van der Waals surface area contributed by atoms with E-state index in [1.165, 1.54) is 0 Å². The van der Waals surface area contributed by atoms with E-state index in [1.807, 2.05) is 0 Å². The molecule has 5 nitrogen and oxygen atoms in total. The molecule has 2 N–H and O–H groups in total. The number of carbonyl (C=O) groups is 1. The molecule has 0 amide bonds. The van der Waals surface area contributed by atoms with Crippen molar-refractivity contribution in [1.29, 1.82) is 0 Å². The van der Waals surface area contributed by atoms with Crippen molar-refractivity contribution in [3.05, 3.63) is 22.8 Å². The summed E-state index contributed by atoms with van der Waals surface area (Å²) in [5, 5.41) is 12.4. The largest absolute Gasteiger partial charge is 0.476 e. The van der Waals surface area contributed by atoms with Gasteiger partial charge >= 0.3 is 5.97 Å². The fourth-order valence-electron chi connectivity index (χ4n) is 1.83. The third-order valence-corrected chi connectivity index (χ3v) is 3.00. The van der Waals surface area contributed by atoms with Gasteiger partial charge in [0.2, 0.25) is 0 Å². The van der Waals surface area contributed by atoms with Crippen molar-refractivity contribution in [1.82, 2.24) is 10.3 Å². The molecule has 1 aliphatic heterocycles. The van der Waals surface area contributed by atoms with E-state index in [-0.39, 0.29) is 10.7 Å². The number of carboxylic acid groups (broad SMARTS) is 1. The molecule has 1 aromatic rings. The molecule has 0 atom stereocenters. The van der Waals surface area contributed by atoms with E-state index < -0.39 is 5.97 Å². The summed E-state index contributed by atoms with van der Waals surface area (Å²) in [4.78, 5) is 17.1. The molecule has 0 aliphatic carbocycles. The Balaban J connectivity index is 2.25. The molecule has 0 unspecified atom stereocenters. The maximum absolute atomic E-state index is 10.9. The Morgan fingerprint density at radius 1 is 1.41 bits per heavy atom. The van der Waals surface area contributed by atoms with E-state index >= 15 is 0 Å². The predicted octanol–water partition coefficient (Wildman–Crippen LogP) is 1.23. The van der Waals surface area contributed by atoms with Crippen LogP contribution in [-0.2, 0) is 0 Å². The summed E-state index contributed by atoms with van der Waals surface area (Å²) < 4.78 is 0. The summed E-state index contributed by atoms with van der Waals surface area (Å²) in [6.45, 7) is 3.57. The van der Waals surface area contributed by atoms with Crippen LogP contribution in [0.4, 0.5) is 5.82 Å². The van der Waals surface area contributed by atoms with Gasteiger partial charge in [0, 0.05) is 19.6 Å². The normalized spacial score (nSPS) is 16.6. The van der Waals surface area contributed by atoms with Crippen molar-refractivity contribution in [2.24, 2.45) is 0 Å². The molecule has 1 fully saturated rings. The molecule has 2 rings (SSSR count). The third kappa shape index (κ3) is 2.87. The number of nitrogens with one attached hydrogen (secondary N) is 1. The fourth-order valence-corrected chi connectivity index (χ4v) is 2.02. The Kier molecular flexibility index (Phi) is 3.81. The lowest BCUT2D eigenvalue weighted by atomic mass is 10.3. The highest BCUT2D eigenvalue weighted by Gasteiger charge is 2.15. The van der Waals surface area contributed by atoms with Gasteiger partial charge in [-0.2, -0.15) is 0 Å². The summed E-state index contributed by atoms with van der Waals surface area (Å²) in [5.41, 5.74) is -0.0821. The quantitative estimate of drug-likeness (QED) is 0.832. The number of hydrogen-bond donors (Lipinski definition) is 2. The fraction of sp³-hybridized carbons (Fsp3) is 0.455. The van der Waals surface area contributed by atoms with Crippen molar-refractivity contribution in [3.8, 4) is 0 Å². The summed E-state index contributed by atoms with van der Waals surface area (Å²) >= 11 is 5.79. The number of rotatable bonds is 2. The van der Waals surface area contributed by atoms with Crippen LogP contribution in [0.5, 0.6) is 0 Å². The van der Waals surface area contributed by atoms with Crippen molar-refractivity contribution < 1.29 is 9.90 Å². The second-order valence-corrected chi connectivity index (χ2v) is 4.30. The van der Waals surface area contributed by atoms with Crippen LogP contribution in [0.2, 0.25) is 5.02 Å². The Morgan fingerprint density at radius 2 is 2.24 bits per heavy atom. The first-order chi connectivity index (χ1) is 8.18. The monoisotopic (exact) mass is 255 g/mol. The molecular formula is C11H14ClN3O2. The molecule has 0 saturated carbocycles. The van der Waals surface area contributed by atoms with E-state index in [1.54, 1.807) is 12.1 Å². The molecule has 6 heteroatoms. The number of halogens is 1. The molecular weight excluding hydrogens is 242 g/mol. The number of anilines is 1. The highest BCUT2D eigenvalue weighted by atomic mass is 35.5. The second-order valence-electron chi connectivity index (χ2n) is 3.90. The second kappa shape index (κ2) is 5.33. The summed E-state index contributed by atoms with van der Waals surface area (Å²) in [6.07, 6.45) is 1.02. The predicted molar refractivity (Wildman–Crippen MR) is 65.9 cm³/mol. The van der Waals surface area contributed by atoms with E-state index in [0.717, 1.165) is 32.6 Å². The summed E-state index contributed by atoms with van der Waals surface area (Å²) in [5.74, 6) is -0.416. The van der Waals surface area contributed by atoms with Gasteiger partial charge in [-0.1, -0.05) is 11.6 Å². The van der Waals surface area contributed by atoms with Crippen LogP contribution in [0.3, 0.4) is 0 Å². The van der Waals surface area contributed by atoms with Gasteiger partial charge in [-0.15, -0.1) is 0 Å². The van der Waals surface area contributed by atoms with Crippen LogP contribution < -0.4 is 10.2 Å². The summed E-state index contributed by atoms with van der Waals surface area (Å²) in [6, 6.07) is 3.35. The van der Waals surface area contributed by atoms with Gasteiger partial charge in [0.05, 0.1) is 5.02 Å². The van der Waals surface area contributed by atoms with Crippen LogP contribution >= 0.6 is 11.6 Å². The topological polar surface area (TPSA) is 65.5 Å². The molecule has 2 heterocycles. The Bertz CT molecular complexity index is 417. The Morgan fingerprint density at radius 3 is 3.00 bits per heavy atom. The van der Waals surface area contributed by atoms with Gasteiger partial charge in [0.15, 0.2) is 5.69 Å². The minimum atomic E-state index is -1.09. The Hall–Kier alpha value is -1.33. The van der Waals surface area contributed by atoms with Crippen molar-refractivity contribution in [3.63, 3.8) is 0 Å². The van der Waals surface area contributed by atoms with Gasteiger partial charge in [0.25, 0.3) is 0 Å². The molecule has 1 saturated heterocycles. The number of carboxylic acids is 1. The number of aromatic nitrogens is 1. The lowest BCUT2D eigenvalue weighted by Crippen LogP contribution is -2.29. The van der Waals surface area contributed by atoms with E-state index in [4.69, 9.17) is 16.7 Å². The van der Waals surface area contributed by atoms with Crippen LogP contribution in [0.25, 0.3) is 0 Å². The first-order valence-electron chi connectivity index (χ1n) is 5.54. The van der Waals surface area contributed by atoms with Crippen molar-refractivity contribution >= 4 is 23.4 Å². The number of pyridine rings is 1. The Labute approximate surface area is 104 Å². The van der Waals surface area contributed by atoms with Gasteiger partial charge < -0.3 is 15.3 Å². The number of aromatic carboxylic acids is 1. The van der Waals surface area contributed by atoms with Crippen molar-refractivity contribution in [2.75, 3.05) is 31.1 Å². The molecule has 92 valence electrons. The lowest BCUT2D eigenvalue weighted by molar-refractivity contribution is 0.0691. The minimum Gasteiger partial charge on any atom is -0.476 e. The first-order valence-corrected chi connectivity index (χ1v) is 5.92. The molecule has 1 aromatic heterocycles. The number of nitrogens with zero attached hydrogens (tertiary/aromatic N) is 2. The van der Waals surface area contributed by atoms with Crippen LogP contribution in [-0.4, -0.2) is 42.2 Å². The smallest absolute Gasteiger partial charge is 0.356 e. The molecule has 0 aromatic carbocycles. The van der Waals surface area contributed by atoms with Crippen LogP contribution in [0.1, 0.15) is 16.9 Å². The van der Waals surface area contributed by atoms with Crippen LogP contribution in [0.15, 0.2) is 12.1 Å². The average Bonchev–Trinajstić information content (AvgIpc) is 2.58. The standard InChI is InChI=1S/C11H14ClN3O2/c12-8-2-3-9(14-10(8)11(16)17)15-6-1-4-13-5-7-15/h2-3,13H,1,4-7H2,(H,16,17). The molecule has 0 bridgehead atoms.